The molecule has 0 spiro atoms. The van der Waals surface area contributed by atoms with E-state index in [0.29, 0.717) is 22.2 Å². The first-order valence-corrected chi connectivity index (χ1v) is 8.13. The van der Waals surface area contributed by atoms with Crippen molar-refractivity contribution in [3.8, 4) is 0 Å². The maximum atomic E-state index is 11.3. The van der Waals surface area contributed by atoms with Crippen molar-refractivity contribution >= 4 is 39.6 Å². The molecule has 0 aliphatic carbocycles. The molecule has 0 radical (unpaired) electrons. The highest BCUT2D eigenvalue weighted by Gasteiger charge is 2.06. The zero-order valence-corrected chi connectivity index (χ0v) is 12.6. The quantitative estimate of drug-likeness (QED) is 0.788. The van der Waals surface area contributed by atoms with E-state index in [1.807, 2.05) is 12.1 Å². The molecule has 1 atom stereocenters. The second-order valence-corrected chi connectivity index (χ2v) is 6.24. The van der Waals surface area contributed by atoms with Crippen molar-refractivity contribution in [1.82, 2.24) is 25.3 Å². The molecule has 7 nitrogen and oxygen atoms in total. The van der Waals surface area contributed by atoms with Gasteiger partial charge in [-0.05, 0) is 46.3 Å². The molecule has 0 aliphatic rings. The van der Waals surface area contributed by atoms with Gasteiger partial charge in [-0.2, -0.15) is 0 Å². The van der Waals surface area contributed by atoms with Gasteiger partial charge in [0.1, 0.15) is 0 Å². The van der Waals surface area contributed by atoms with Crippen molar-refractivity contribution in [3.63, 3.8) is 0 Å². The third-order valence-electron chi connectivity index (χ3n) is 2.75. The first kappa shape index (κ1) is 13.9. The average molecular weight is 323 g/mol. The van der Waals surface area contributed by atoms with Gasteiger partial charge in [0, 0.05) is 33.5 Å². The number of anilines is 2. The van der Waals surface area contributed by atoms with Crippen LogP contribution in [0.1, 0.15) is 5.56 Å². The molecular weight excluding hydrogens is 312 g/mol. The molecule has 0 aliphatic heterocycles. The molecule has 0 amide bonds. The lowest BCUT2D eigenvalue weighted by atomic mass is 10.2. The zero-order valence-electron chi connectivity index (χ0n) is 11.0. The van der Waals surface area contributed by atoms with Gasteiger partial charge in [0.15, 0.2) is 11.5 Å². The van der Waals surface area contributed by atoms with Gasteiger partial charge in [-0.3, -0.25) is 4.21 Å². The Hall–Kier alpha value is -2.06. The summed E-state index contributed by atoms with van der Waals surface area (Å²) in [5, 5.41) is 19.0. The van der Waals surface area contributed by atoms with E-state index in [2.05, 4.69) is 25.9 Å². The van der Waals surface area contributed by atoms with Crippen molar-refractivity contribution in [2.75, 3.05) is 11.6 Å². The normalized spacial score (nSPS) is 12.5. The summed E-state index contributed by atoms with van der Waals surface area (Å²) < 4.78 is 12.7. The molecule has 1 aromatic carbocycles. The standard InChI is InChI=1S/C12H11ClN6OS/c1-21(20)7-8-6-9(2-3-10(8)13)14-11-4-5-12-15-17-18-19(12)16-11/h2-6H,7H2,1H3,(H,14,16). The number of nitrogens with zero attached hydrogens (tertiary/aromatic N) is 5. The minimum absolute atomic E-state index is 0.411. The van der Waals surface area contributed by atoms with Crippen LogP contribution in [0.5, 0.6) is 0 Å². The second kappa shape index (κ2) is 5.74. The van der Waals surface area contributed by atoms with Gasteiger partial charge in [0.2, 0.25) is 0 Å². The van der Waals surface area contributed by atoms with Gasteiger partial charge in [0.05, 0.1) is 0 Å². The average Bonchev–Trinajstić information content (AvgIpc) is 2.89. The van der Waals surface area contributed by atoms with Crippen LogP contribution < -0.4 is 5.32 Å². The Kier molecular flexibility index (Phi) is 3.80. The zero-order chi connectivity index (χ0) is 14.8. The number of tetrazole rings is 1. The number of hydrogen-bond donors (Lipinski definition) is 1. The first-order valence-electron chi connectivity index (χ1n) is 6.03. The van der Waals surface area contributed by atoms with Crippen molar-refractivity contribution in [2.24, 2.45) is 0 Å². The van der Waals surface area contributed by atoms with E-state index in [1.54, 1.807) is 24.5 Å². The minimum atomic E-state index is -0.953. The van der Waals surface area contributed by atoms with E-state index in [4.69, 9.17) is 11.6 Å². The molecule has 0 saturated heterocycles. The third kappa shape index (κ3) is 3.17. The van der Waals surface area contributed by atoms with Crippen LogP contribution >= 0.6 is 11.6 Å². The first-order chi connectivity index (χ1) is 10.1. The molecule has 108 valence electrons. The highest BCUT2D eigenvalue weighted by molar-refractivity contribution is 7.83. The van der Waals surface area contributed by atoms with Gasteiger partial charge in [-0.1, -0.05) is 11.6 Å². The fourth-order valence-corrected chi connectivity index (χ4v) is 2.79. The molecule has 2 heterocycles. The number of fused-ring (bicyclic) bond motifs is 1. The van der Waals surface area contributed by atoms with Crippen LogP contribution in [-0.4, -0.2) is 35.7 Å². The van der Waals surface area contributed by atoms with Crippen molar-refractivity contribution in [2.45, 2.75) is 5.75 Å². The highest BCUT2D eigenvalue weighted by Crippen LogP contribution is 2.23. The molecule has 0 saturated carbocycles. The third-order valence-corrected chi connectivity index (χ3v) is 3.83. The van der Waals surface area contributed by atoms with Gasteiger partial charge in [-0.25, -0.2) is 0 Å². The Morgan fingerprint density at radius 3 is 3.00 bits per heavy atom. The Labute approximate surface area is 127 Å². The van der Waals surface area contributed by atoms with E-state index < -0.39 is 10.8 Å². The highest BCUT2D eigenvalue weighted by atomic mass is 35.5. The van der Waals surface area contributed by atoms with Crippen LogP contribution in [0.2, 0.25) is 5.02 Å². The van der Waals surface area contributed by atoms with Crippen molar-refractivity contribution < 1.29 is 4.21 Å². The molecule has 3 aromatic rings. The molecule has 9 heteroatoms. The lowest BCUT2D eigenvalue weighted by Crippen LogP contribution is -2.01. The maximum Gasteiger partial charge on any atom is 0.200 e. The number of benzene rings is 1. The predicted octanol–water partition coefficient (Wildman–Crippen LogP) is 1.79. The van der Waals surface area contributed by atoms with Crippen LogP contribution in [0.3, 0.4) is 0 Å². The topological polar surface area (TPSA) is 85.1 Å². The van der Waals surface area contributed by atoms with Crippen LogP contribution in [0.4, 0.5) is 11.5 Å². The van der Waals surface area contributed by atoms with E-state index in [-0.39, 0.29) is 0 Å². The fraction of sp³-hybridized carbons (Fsp3) is 0.167. The largest absolute Gasteiger partial charge is 0.339 e. The van der Waals surface area contributed by atoms with Gasteiger partial charge >= 0.3 is 0 Å². The number of hydrogen-bond acceptors (Lipinski definition) is 6. The SMILES string of the molecule is CS(=O)Cc1cc(Nc2ccc3nnnn3n2)ccc1Cl. The summed E-state index contributed by atoms with van der Waals surface area (Å²) in [6.45, 7) is 0. The van der Waals surface area contributed by atoms with Crippen LogP contribution in [-0.2, 0) is 16.6 Å². The molecular formula is C12H11ClN6OS. The predicted molar refractivity (Wildman–Crippen MR) is 81.1 cm³/mol. The number of rotatable bonds is 4. The maximum absolute atomic E-state index is 11.3. The number of nitrogens with one attached hydrogen (secondary N) is 1. The van der Waals surface area contributed by atoms with Crippen LogP contribution in [0.15, 0.2) is 30.3 Å². The van der Waals surface area contributed by atoms with Gasteiger partial charge in [0.25, 0.3) is 0 Å². The van der Waals surface area contributed by atoms with Crippen molar-refractivity contribution in [3.05, 3.63) is 40.9 Å². The van der Waals surface area contributed by atoms with Crippen molar-refractivity contribution in [1.29, 1.82) is 0 Å². The molecule has 2 aromatic heterocycles. The lowest BCUT2D eigenvalue weighted by Gasteiger charge is -2.08. The summed E-state index contributed by atoms with van der Waals surface area (Å²) in [7, 11) is -0.953. The minimum Gasteiger partial charge on any atom is -0.339 e. The monoisotopic (exact) mass is 322 g/mol. The summed E-state index contributed by atoms with van der Waals surface area (Å²) >= 11 is 6.10. The Morgan fingerprint density at radius 2 is 2.19 bits per heavy atom. The molecule has 0 bridgehead atoms. The number of halogens is 1. The van der Waals surface area contributed by atoms with Crippen LogP contribution in [0.25, 0.3) is 5.65 Å². The number of aromatic nitrogens is 5. The molecule has 0 fully saturated rings. The summed E-state index contributed by atoms with van der Waals surface area (Å²) in [4.78, 5) is 0. The van der Waals surface area contributed by atoms with Gasteiger partial charge < -0.3 is 5.32 Å². The summed E-state index contributed by atoms with van der Waals surface area (Å²) in [6, 6.07) is 8.98. The Bertz CT molecular complexity index is 820. The lowest BCUT2D eigenvalue weighted by molar-refractivity contribution is 0.686. The fourth-order valence-electron chi connectivity index (χ4n) is 1.85. The van der Waals surface area contributed by atoms with Crippen LogP contribution in [0, 0.1) is 0 Å². The molecule has 1 N–H and O–H groups in total. The molecule has 1 unspecified atom stereocenters. The van der Waals surface area contributed by atoms with E-state index in [1.165, 1.54) is 4.63 Å². The summed E-state index contributed by atoms with van der Waals surface area (Å²) in [6.07, 6.45) is 1.64. The Morgan fingerprint density at radius 1 is 1.33 bits per heavy atom. The second-order valence-electron chi connectivity index (χ2n) is 4.39. The van der Waals surface area contributed by atoms with E-state index in [9.17, 15) is 4.21 Å². The summed E-state index contributed by atoms with van der Waals surface area (Å²) in [5.41, 5.74) is 2.20. The summed E-state index contributed by atoms with van der Waals surface area (Å²) in [5.74, 6) is 1.01. The van der Waals surface area contributed by atoms with E-state index >= 15 is 0 Å². The van der Waals surface area contributed by atoms with E-state index in [0.717, 1.165) is 11.3 Å². The molecule has 21 heavy (non-hydrogen) atoms. The molecule has 3 rings (SSSR count). The Balaban J connectivity index is 1.88. The van der Waals surface area contributed by atoms with Gasteiger partial charge in [-0.15, -0.1) is 14.8 Å². The smallest absolute Gasteiger partial charge is 0.200 e.